The molecule has 5 rings (SSSR count). The fourth-order valence-corrected chi connectivity index (χ4v) is 3.59. The maximum Gasteiger partial charge on any atom is 0.231 e. The Bertz CT molecular complexity index is 993. The number of ether oxygens (including phenoxy) is 2. The van der Waals surface area contributed by atoms with Crippen molar-refractivity contribution in [1.29, 1.82) is 0 Å². The van der Waals surface area contributed by atoms with Crippen LogP contribution >= 0.6 is 0 Å². The lowest BCUT2D eigenvalue weighted by atomic mass is 10.1. The molecule has 4 heterocycles. The first-order chi connectivity index (χ1) is 12.7. The largest absolute Gasteiger partial charge is 0.454 e. The van der Waals surface area contributed by atoms with E-state index >= 15 is 0 Å². The molecule has 0 aliphatic carbocycles. The third-order valence-corrected chi connectivity index (χ3v) is 5.01. The molecule has 0 spiro atoms. The van der Waals surface area contributed by atoms with Gasteiger partial charge in [0.2, 0.25) is 12.7 Å². The molecule has 0 saturated carbocycles. The molecule has 0 radical (unpaired) electrons. The molecular formula is C18H20N6O2. The van der Waals surface area contributed by atoms with Crippen LogP contribution in [0.5, 0.6) is 11.5 Å². The van der Waals surface area contributed by atoms with Crippen molar-refractivity contribution in [3.8, 4) is 22.8 Å². The van der Waals surface area contributed by atoms with E-state index in [1.165, 1.54) is 6.42 Å². The first-order valence-corrected chi connectivity index (χ1v) is 8.86. The van der Waals surface area contributed by atoms with E-state index in [0.29, 0.717) is 17.4 Å². The normalized spacial score (nSPS) is 16.4. The summed E-state index contributed by atoms with van der Waals surface area (Å²) in [5.74, 6) is 2.73. The van der Waals surface area contributed by atoms with Crippen molar-refractivity contribution in [2.75, 3.05) is 30.5 Å². The van der Waals surface area contributed by atoms with Gasteiger partial charge in [0.25, 0.3) is 0 Å². The predicted molar refractivity (Wildman–Crippen MR) is 98.3 cm³/mol. The number of rotatable bonds is 2. The van der Waals surface area contributed by atoms with Crippen molar-refractivity contribution >= 4 is 22.8 Å². The summed E-state index contributed by atoms with van der Waals surface area (Å²) in [6, 6.07) is 5.82. The van der Waals surface area contributed by atoms with E-state index in [1.807, 2.05) is 25.2 Å². The van der Waals surface area contributed by atoms with Gasteiger partial charge in [-0.3, -0.25) is 4.68 Å². The molecule has 1 saturated heterocycles. The SMILES string of the molecule is Cn1nc2nc(N3CCCCC3)nc(-c3ccc4c(c3)OCO4)c2c1N. The van der Waals surface area contributed by atoms with Crippen LogP contribution in [0.25, 0.3) is 22.3 Å². The molecule has 134 valence electrons. The van der Waals surface area contributed by atoms with E-state index in [1.54, 1.807) is 4.68 Å². The molecule has 2 aliphatic rings. The van der Waals surface area contributed by atoms with E-state index in [-0.39, 0.29) is 6.79 Å². The average molecular weight is 352 g/mol. The number of aromatic nitrogens is 4. The summed E-state index contributed by atoms with van der Waals surface area (Å²) in [5.41, 5.74) is 8.58. The molecule has 2 N–H and O–H groups in total. The van der Waals surface area contributed by atoms with E-state index in [0.717, 1.165) is 54.1 Å². The van der Waals surface area contributed by atoms with Crippen LogP contribution in [0.1, 0.15) is 19.3 Å². The second-order valence-electron chi connectivity index (χ2n) is 6.70. The summed E-state index contributed by atoms with van der Waals surface area (Å²) < 4.78 is 12.6. The van der Waals surface area contributed by atoms with Crippen molar-refractivity contribution in [1.82, 2.24) is 19.7 Å². The molecule has 26 heavy (non-hydrogen) atoms. The van der Waals surface area contributed by atoms with Gasteiger partial charge in [-0.2, -0.15) is 10.1 Å². The highest BCUT2D eigenvalue weighted by Crippen LogP contribution is 2.38. The zero-order valence-corrected chi connectivity index (χ0v) is 14.6. The summed E-state index contributed by atoms with van der Waals surface area (Å²) in [6.07, 6.45) is 3.57. The lowest BCUT2D eigenvalue weighted by molar-refractivity contribution is 0.174. The van der Waals surface area contributed by atoms with Crippen molar-refractivity contribution in [3.63, 3.8) is 0 Å². The monoisotopic (exact) mass is 352 g/mol. The van der Waals surface area contributed by atoms with Gasteiger partial charge in [0.15, 0.2) is 17.1 Å². The summed E-state index contributed by atoms with van der Waals surface area (Å²) in [4.78, 5) is 11.8. The van der Waals surface area contributed by atoms with Gasteiger partial charge in [-0.25, -0.2) is 4.98 Å². The minimum atomic E-state index is 0.242. The maximum absolute atomic E-state index is 6.27. The zero-order chi connectivity index (χ0) is 17.7. The van der Waals surface area contributed by atoms with Gasteiger partial charge in [-0.15, -0.1) is 0 Å². The Kier molecular flexibility index (Phi) is 3.37. The number of piperidine rings is 1. The number of aryl methyl sites for hydroxylation is 1. The Morgan fingerprint density at radius 1 is 1.04 bits per heavy atom. The fraction of sp³-hybridized carbons (Fsp3) is 0.389. The molecule has 2 aromatic heterocycles. The standard InChI is InChI=1S/C18H20N6O2/c1-23-16(19)14-15(11-5-6-12-13(9-11)26-10-25-12)20-18(21-17(14)22-23)24-7-3-2-4-8-24/h5-6,9H,2-4,7-8,10,19H2,1H3. The molecule has 0 atom stereocenters. The van der Waals surface area contributed by atoms with Crippen LogP contribution in [-0.4, -0.2) is 39.6 Å². The molecule has 8 nitrogen and oxygen atoms in total. The minimum absolute atomic E-state index is 0.242. The first-order valence-electron chi connectivity index (χ1n) is 8.86. The molecule has 0 bridgehead atoms. The Hall–Kier alpha value is -3.03. The minimum Gasteiger partial charge on any atom is -0.454 e. The summed E-state index contributed by atoms with van der Waals surface area (Å²) in [5, 5.41) is 5.26. The number of hydrogen-bond acceptors (Lipinski definition) is 7. The van der Waals surface area contributed by atoms with Crippen LogP contribution in [0.3, 0.4) is 0 Å². The smallest absolute Gasteiger partial charge is 0.231 e. The second-order valence-corrected chi connectivity index (χ2v) is 6.70. The third kappa shape index (κ3) is 2.33. The van der Waals surface area contributed by atoms with Crippen molar-refractivity contribution in [3.05, 3.63) is 18.2 Å². The lowest BCUT2D eigenvalue weighted by Gasteiger charge is -2.26. The summed E-state index contributed by atoms with van der Waals surface area (Å²) >= 11 is 0. The van der Waals surface area contributed by atoms with E-state index < -0.39 is 0 Å². The van der Waals surface area contributed by atoms with Crippen molar-refractivity contribution in [2.45, 2.75) is 19.3 Å². The van der Waals surface area contributed by atoms with Gasteiger partial charge in [0.05, 0.1) is 11.1 Å². The quantitative estimate of drug-likeness (QED) is 0.757. The number of nitrogen functional groups attached to an aromatic ring is 1. The van der Waals surface area contributed by atoms with E-state index in [4.69, 9.17) is 20.2 Å². The number of anilines is 2. The Morgan fingerprint density at radius 3 is 2.69 bits per heavy atom. The summed E-state index contributed by atoms with van der Waals surface area (Å²) in [7, 11) is 1.82. The van der Waals surface area contributed by atoms with Gasteiger partial charge in [0.1, 0.15) is 5.82 Å². The van der Waals surface area contributed by atoms with Crippen LogP contribution in [0, 0.1) is 0 Å². The second kappa shape index (κ2) is 5.76. The highest BCUT2D eigenvalue weighted by molar-refractivity contribution is 5.99. The van der Waals surface area contributed by atoms with Crippen LogP contribution < -0.4 is 20.1 Å². The molecule has 3 aromatic rings. The van der Waals surface area contributed by atoms with Gasteiger partial charge < -0.3 is 20.1 Å². The maximum atomic E-state index is 6.27. The zero-order valence-electron chi connectivity index (χ0n) is 14.6. The van der Waals surface area contributed by atoms with Gasteiger partial charge >= 0.3 is 0 Å². The predicted octanol–water partition coefficient (Wildman–Crippen LogP) is 2.33. The van der Waals surface area contributed by atoms with Gasteiger partial charge in [0, 0.05) is 25.7 Å². The van der Waals surface area contributed by atoms with Crippen molar-refractivity contribution < 1.29 is 9.47 Å². The first kappa shape index (κ1) is 15.2. The van der Waals surface area contributed by atoms with Crippen LogP contribution in [0.2, 0.25) is 0 Å². The highest BCUT2D eigenvalue weighted by Gasteiger charge is 2.22. The van der Waals surface area contributed by atoms with E-state index in [9.17, 15) is 0 Å². The topological polar surface area (TPSA) is 91.3 Å². The van der Waals surface area contributed by atoms with Crippen LogP contribution in [0.15, 0.2) is 18.2 Å². The fourth-order valence-electron chi connectivity index (χ4n) is 3.59. The Labute approximate surface area is 150 Å². The van der Waals surface area contributed by atoms with Gasteiger partial charge in [-0.1, -0.05) is 0 Å². The van der Waals surface area contributed by atoms with Gasteiger partial charge in [-0.05, 0) is 37.5 Å². The molecule has 2 aliphatic heterocycles. The molecular weight excluding hydrogens is 332 g/mol. The molecule has 8 heteroatoms. The van der Waals surface area contributed by atoms with Crippen LogP contribution in [-0.2, 0) is 7.05 Å². The molecule has 0 amide bonds. The average Bonchev–Trinajstić information content (AvgIpc) is 3.25. The van der Waals surface area contributed by atoms with Crippen molar-refractivity contribution in [2.24, 2.45) is 7.05 Å². The number of hydrogen-bond donors (Lipinski definition) is 1. The highest BCUT2D eigenvalue weighted by atomic mass is 16.7. The molecule has 0 unspecified atom stereocenters. The lowest BCUT2D eigenvalue weighted by Crippen LogP contribution is -2.31. The van der Waals surface area contributed by atoms with Crippen LogP contribution in [0.4, 0.5) is 11.8 Å². The number of fused-ring (bicyclic) bond motifs is 2. The Balaban J connectivity index is 1.71. The summed E-state index contributed by atoms with van der Waals surface area (Å²) in [6.45, 7) is 2.18. The number of benzene rings is 1. The number of nitrogens with zero attached hydrogens (tertiary/aromatic N) is 5. The molecule has 1 aromatic carbocycles. The van der Waals surface area contributed by atoms with E-state index in [2.05, 4.69) is 15.0 Å². The molecule has 1 fully saturated rings. The third-order valence-electron chi connectivity index (χ3n) is 5.01. The Morgan fingerprint density at radius 2 is 1.85 bits per heavy atom. The number of nitrogens with two attached hydrogens (primary N) is 1.